The molecule has 2 heteroatoms. The lowest BCUT2D eigenvalue weighted by Crippen LogP contribution is -2.03. The summed E-state index contributed by atoms with van der Waals surface area (Å²) in [6.45, 7) is 5.66. The Morgan fingerprint density at radius 2 is 2.12 bits per heavy atom. The van der Waals surface area contributed by atoms with E-state index in [2.05, 4.69) is 32.1 Å². The fourth-order valence-electron chi connectivity index (χ4n) is 1.81. The number of hydrogen-bond acceptors (Lipinski definition) is 2. The maximum absolute atomic E-state index is 5.98. The first-order valence-corrected chi connectivity index (χ1v) is 6.32. The van der Waals surface area contributed by atoms with Gasteiger partial charge in [-0.2, -0.15) is 0 Å². The van der Waals surface area contributed by atoms with Gasteiger partial charge in [0.2, 0.25) is 0 Å². The third-order valence-corrected chi connectivity index (χ3v) is 3.30. The van der Waals surface area contributed by atoms with Gasteiger partial charge >= 0.3 is 0 Å². The summed E-state index contributed by atoms with van der Waals surface area (Å²) in [6.07, 6.45) is 6.65. The molecule has 1 aromatic carbocycles. The van der Waals surface area contributed by atoms with Crippen LogP contribution in [-0.2, 0) is 0 Å². The van der Waals surface area contributed by atoms with Crippen molar-refractivity contribution in [3.05, 3.63) is 34.9 Å². The van der Waals surface area contributed by atoms with Gasteiger partial charge in [0, 0.05) is 12.1 Å². The molecule has 0 saturated heterocycles. The molecule has 0 atom stereocenters. The smallest absolute Gasteiger partial charge is 0.129 e. The highest BCUT2D eigenvalue weighted by Crippen LogP contribution is 2.33. The lowest BCUT2D eigenvalue weighted by atomic mass is 10.0. The van der Waals surface area contributed by atoms with Gasteiger partial charge in [0.05, 0.1) is 6.61 Å². The highest BCUT2D eigenvalue weighted by Gasteiger charge is 2.22. The summed E-state index contributed by atoms with van der Waals surface area (Å²) in [6, 6.07) is 4.24. The van der Waals surface area contributed by atoms with E-state index in [0.717, 1.165) is 23.8 Å². The van der Waals surface area contributed by atoms with Crippen LogP contribution in [0.15, 0.2) is 18.2 Å². The third-order valence-electron chi connectivity index (χ3n) is 3.30. The number of hydrogen-bond donors (Lipinski definition) is 1. The third kappa shape index (κ3) is 3.10. The van der Waals surface area contributed by atoms with Crippen LogP contribution >= 0.6 is 0 Å². The molecule has 0 aromatic heterocycles. The van der Waals surface area contributed by atoms with E-state index < -0.39 is 0 Å². The van der Waals surface area contributed by atoms with E-state index in [-0.39, 0.29) is 0 Å². The second-order valence-corrected chi connectivity index (χ2v) is 4.82. The normalized spacial score (nSPS) is 15.5. The van der Waals surface area contributed by atoms with Crippen molar-refractivity contribution in [2.45, 2.75) is 26.7 Å². The minimum atomic E-state index is 0.564. The summed E-state index contributed by atoms with van der Waals surface area (Å²) < 4.78 is 5.98. The van der Waals surface area contributed by atoms with Crippen LogP contribution in [0, 0.1) is 19.8 Å². The van der Waals surface area contributed by atoms with Crippen LogP contribution in [0.1, 0.15) is 29.5 Å². The molecule has 2 rings (SSSR count). The summed E-state index contributed by atoms with van der Waals surface area (Å²) in [5.41, 5.74) is 9.16. The molecule has 0 amide bonds. The number of aryl methyl sites for hydroxylation is 1. The summed E-state index contributed by atoms with van der Waals surface area (Å²) in [4.78, 5) is 0. The molecule has 0 unspecified atom stereocenters. The van der Waals surface area contributed by atoms with Gasteiger partial charge in [-0.25, -0.2) is 0 Å². The second-order valence-electron chi connectivity index (χ2n) is 4.82. The van der Waals surface area contributed by atoms with E-state index in [0.29, 0.717) is 6.54 Å². The summed E-state index contributed by atoms with van der Waals surface area (Å²) in [7, 11) is 0. The molecule has 2 nitrogen and oxygen atoms in total. The minimum Gasteiger partial charge on any atom is -0.492 e. The lowest BCUT2D eigenvalue weighted by molar-refractivity contribution is 0.297. The van der Waals surface area contributed by atoms with Gasteiger partial charge in [-0.05, 0) is 43.7 Å². The molecule has 0 bridgehead atoms. The number of benzene rings is 1. The predicted octanol–water partition coefficient (Wildman–Crippen LogP) is 3.06. The van der Waals surface area contributed by atoms with E-state index in [1.54, 1.807) is 0 Å². The number of ether oxygens (including phenoxy) is 1. The van der Waals surface area contributed by atoms with E-state index in [9.17, 15) is 0 Å². The summed E-state index contributed by atoms with van der Waals surface area (Å²) in [5, 5.41) is 0. The summed E-state index contributed by atoms with van der Waals surface area (Å²) >= 11 is 0. The zero-order chi connectivity index (χ0) is 12.3. The number of nitrogens with two attached hydrogens (primary N) is 1. The van der Waals surface area contributed by atoms with Crippen LogP contribution in [0.3, 0.4) is 0 Å². The van der Waals surface area contributed by atoms with Crippen LogP contribution in [0.5, 0.6) is 5.75 Å². The van der Waals surface area contributed by atoms with Crippen molar-refractivity contribution in [2.24, 2.45) is 11.7 Å². The predicted molar refractivity (Wildman–Crippen MR) is 72.2 cm³/mol. The van der Waals surface area contributed by atoms with Crippen molar-refractivity contribution < 1.29 is 4.74 Å². The SMILES string of the molecule is Cc1ccc(/C=C/CN)c(OCC2CC2)c1C. The van der Waals surface area contributed by atoms with Crippen LogP contribution < -0.4 is 10.5 Å². The fraction of sp³-hybridized carbons (Fsp3) is 0.467. The molecule has 0 radical (unpaired) electrons. The highest BCUT2D eigenvalue weighted by molar-refractivity contribution is 5.61. The molecule has 1 saturated carbocycles. The Kier molecular flexibility index (Phi) is 3.85. The molecule has 0 heterocycles. The van der Waals surface area contributed by atoms with Crippen LogP contribution in [-0.4, -0.2) is 13.2 Å². The number of rotatable bonds is 5. The molecule has 2 N–H and O–H groups in total. The second kappa shape index (κ2) is 5.37. The van der Waals surface area contributed by atoms with Crippen molar-refractivity contribution in [3.8, 4) is 5.75 Å². The molecule has 1 aliphatic rings. The Bertz CT molecular complexity index is 419. The lowest BCUT2D eigenvalue weighted by Gasteiger charge is -2.14. The van der Waals surface area contributed by atoms with Gasteiger partial charge in [0.15, 0.2) is 0 Å². The molecular weight excluding hydrogens is 210 g/mol. The highest BCUT2D eigenvalue weighted by atomic mass is 16.5. The largest absolute Gasteiger partial charge is 0.492 e. The Morgan fingerprint density at radius 3 is 2.76 bits per heavy atom. The molecule has 1 aliphatic carbocycles. The zero-order valence-corrected chi connectivity index (χ0v) is 10.7. The summed E-state index contributed by atoms with van der Waals surface area (Å²) in [5.74, 6) is 1.81. The van der Waals surface area contributed by atoms with Crippen LogP contribution in [0.2, 0.25) is 0 Å². The quantitative estimate of drug-likeness (QED) is 0.845. The van der Waals surface area contributed by atoms with Crippen molar-refractivity contribution in [3.63, 3.8) is 0 Å². The molecule has 17 heavy (non-hydrogen) atoms. The van der Waals surface area contributed by atoms with Gasteiger partial charge < -0.3 is 10.5 Å². The minimum absolute atomic E-state index is 0.564. The fourth-order valence-corrected chi connectivity index (χ4v) is 1.81. The van der Waals surface area contributed by atoms with Crippen molar-refractivity contribution in [1.29, 1.82) is 0 Å². The first-order chi connectivity index (χ1) is 8.22. The molecule has 1 fully saturated rings. The van der Waals surface area contributed by atoms with E-state index in [1.807, 2.05) is 6.08 Å². The van der Waals surface area contributed by atoms with Gasteiger partial charge in [-0.3, -0.25) is 0 Å². The monoisotopic (exact) mass is 231 g/mol. The standard InChI is InChI=1S/C15H21NO/c1-11-5-8-14(4-3-9-16)15(12(11)2)17-10-13-6-7-13/h3-5,8,13H,6-7,9-10,16H2,1-2H3/b4-3+. The first kappa shape index (κ1) is 12.2. The Balaban J connectivity index is 2.22. The molecular formula is C15H21NO. The Hall–Kier alpha value is -1.28. The average Bonchev–Trinajstić information content (AvgIpc) is 3.13. The average molecular weight is 231 g/mol. The Labute approximate surface area is 103 Å². The maximum atomic E-state index is 5.98. The van der Waals surface area contributed by atoms with E-state index in [1.165, 1.54) is 24.0 Å². The van der Waals surface area contributed by atoms with Gasteiger partial charge in [-0.15, -0.1) is 0 Å². The van der Waals surface area contributed by atoms with Gasteiger partial charge in [-0.1, -0.05) is 24.3 Å². The zero-order valence-electron chi connectivity index (χ0n) is 10.7. The van der Waals surface area contributed by atoms with Crippen molar-refractivity contribution >= 4 is 6.08 Å². The van der Waals surface area contributed by atoms with Crippen molar-refractivity contribution in [2.75, 3.05) is 13.2 Å². The maximum Gasteiger partial charge on any atom is 0.129 e. The molecule has 0 aliphatic heterocycles. The van der Waals surface area contributed by atoms with Crippen LogP contribution in [0.4, 0.5) is 0 Å². The van der Waals surface area contributed by atoms with Gasteiger partial charge in [0.1, 0.15) is 5.75 Å². The van der Waals surface area contributed by atoms with E-state index >= 15 is 0 Å². The van der Waals surface area contributed by atoms with Crippen LogP contribution in [0.25, 0.3) is 6.08 Å². The molecule has 1 aromatic rings. The molecule has 92 valence electrons. The molecule has 0 spiro atoms. The Morgan fingerprint density at radius 1 is 1.35 bits per heavy atom. The van der Waals surface area contributed by atoms with E-state index in [4.69, 9.17) is 10.5 Å². The van der Waals surface area contributed by atoms with Gasteiger partial charge in [0.25, 0.3) is 0 Å². The topological polar surface area (TPSA) is 35.2 Å². The first-order valence-electron chi connectivity index (χ1n) is 6.32. The van der Waals surface area contributed by atoms with Crippen molar-refractivity contribution in [1.82, 2.24) is 0 Å².